The first-order valence-corrected chi connectivity index (χ1v) is 11.1. The molecule has 3 heterocycles. The largest absolute Gasteiger partial charge is 0.352 e. The highest BCUT2D eigenvalue weighted by Crippen LogP contribution is 2.23. The summed E-state index contributed by atoms with van der Waals surface area (Å²) in [6, 6.07) is 10.8. The zero-order valence-electron chi connectivity index (χ0n) is 16.3. The Hall–Kier alpha value is -3.11. The number of hydrogen-bond acceptors (Lipinski definition) is 6. The van der Waals surface area contributed by atoms with Crippen LogP contribution in [0.2, 0.25) is 0 Å². The normalized spacial score (nSPS) is 15.7. The number of hydrogen-bond donors (Lipinski definition) is 1. The van der Waals surface area contributed by atoms with Crippen molar-refractivity contribution in [2.24, 2.45) is 5.92 Å². The van der Waals surface area contributed by atoms with Gasteiger partial charge >= 0.3 is 0 Å². The van der Waals surface area contributed by atoms with Gasteiger partial charge in [-0.15, -0.1) is 0 Å². The van der Waals surface area contributed by atoms with E-state index in [0.717, 1.165) is 11.3 Å². The summed E-state index contributed by atoms with van der Waals surface area (Å²) in [5.74, 6) is -0.242. The van der Waals surface area contributed by atoms with Crippen LogP contribution < -0.4 is 5.32 Å². The maximum absolute atomic E-state index is 12.7. The minimum atomic E-state index is -3.56. The topological polar surface area (TPSA) is 110 Å². The zero-order chi connectivity index (χ0) is 21.0. The van der Waals surface area contributed by atoms with Crippen molar-refractivity contribution in [3.8, 4) is 5.69 Å². The van der Waals surface area contributed by atoms with Gasteiger partial charge in [-0.05, 0) is 42.7 Å². The number of nitrogens with one attached hydrogen (secondary N) is 1. The van der Waals surface area contributed by atoms with E-state index in [2.05, 4.69) is 20.4 Å². The molecule has 1 saturated heterocycles. The summed E-state index contributed by atoms with van der Waals surface area (Å²) in [7, 11) is -3.56. The Kier molecular flexibility index (Phi) is 5.86. The summed E-state index contributed by atoms with van der Waals surface area (Å²) in [6.07, 6.45) is 6.98. The number of benzene rings is 1. The predicted molar refractivity (Wildman–Crippen MR) is 109 cm³/mol. The summed E-state index contributed by atoms with van der Waals surface area (Å²) in [6.45, 7) is 1.06. The molecule has 1 N–H and O–H groups in total. The fraction of sp³-hybridized carbons (Fsp3) is 0.300. The van der Waals surface area contributed by atoms with Gasteiger partial charge in [0.25, 0.3) is 0 Å². The van der Waals surface area contributed by atoms with Crippen LogP contribution in [0.5, 0.6) is 0 Å². The van der Waals surface area contributed by atoms with Gasteiger partial charge in [0.2, 0.25) is 15.9 Å². The van der Waals surface area contributed by atoms with Crippen LogP contribution in [0.3, 0.4) is 0 Å². The number of sulfonamides is 1. The lowest BCUT2D eigenvalue weighted by Crippen LogP contribution is -2.42. The summed E-state index contributed by atoms with van der Waals surface area (Å²) in [4.78, 5) is 20.5. The van der Waals surface area contributed by atoms with Gasteiger partial charge in [-0.3, -0.25) is 9.78 Å². The van der Waals surface area contributed by atoms with Crippen LogP contribution in [-0.2, 0) is 21.4 Å². The molecule has 1 fully saturated rings. The Balaban J connectivity index is 1.28. The Morgan fingerprint density at radius 3 is 2.50 bits per heavy atom. The summed E-state index contributed by atoms with van der Waals surface area (Å²) in [5.41, 5.74) is 1.87. The zero-order valence-corrected chi connectivity index (χ0v) is 17.1. The molecule has 9 nitrogen and oxygen atoms in total. The number of aromatic nitrogens is 4. The van der Waals surface area contributed by atoms with Gasteiger partial charge in [0.05, 0.1) is 5.69 Å². The van der Waals surface area contributed by atoms with E-state index in [1.54, 1.807) is 17.1 Å². The van der Waals surface area contributed by atoms with Gasteiger partial charge in [-0.2, -0.15) is 9.40 Å². The first-order chi connectivity index (χ1) is 14.5. The minimum Gasteiger partial charge on any atom is -0.352 e. The van der Waals surface area contributed by atoms with E-state index in [1.807, 2.05) is 24.3 Å². The van der Waals surface area contributed by atoms with Gasteiger partial charge in [0.15, 0.2) is 0 Å². The van der Waals surface area contributed by atoms with Crippen molar-refractivity contribution in [1.82, 2.24) is 29.4 Å². The molecule has 4 rings (SSSR count). The maximum atomic E-state index is 12.7. The van der Waals surface area contributed by atoms with Gasteiger partial charge in [-0.1, -0.05) is 12.1 Å². The molecule has 30 heavy (non-hydrogen) atoms. The number of carbonyl (C=O) groups is 1. The Morgan fingerprint density at radius 2 is 1.87 bits per heavy atom. The van der Waals surface area contributed by atoms with Gasteiger partial charge in [-0.25, -0.2) is 18.1 Å². The van der Waals surface area contributed by atoms with Crippen molar-refractivity contribution in [1.29, 1.82) is 0 Å². The third kappa shape index (κ3) is 4.39. The van der Waals surface area contributed by atoms with E-state index in [-0.39, 0.29) is 16.7 Å². The van der Waals surface area contributed by atoms with Crippen molar-refractivity contribution < 1.29 is 13.2 Å². The third-order valence-corrected chi connectivity index (χ3v) is 7.07. The smallest absolute Gasteiger partial charge is 0.244 e. The van der Waals surface area contributed by atoms with E-state index < -0.39 is 10.0 Å². The van der Waals surface area contributed by atoms with E-state index >= 15 is 0 Å². The molecule has 10 heteroatoms. The molecule has 0 radical (unpaired) electrons. The molecule has 0 atom stereocenters. The number of nitrogens with zero attached hydrogens (tertiary/aromatic N) is 5. The van der Waals surface area contributed by atoms with Crippen LogP contribution in [0.4, 0.5) is 0 Å². The monoisotopic (exact) mass is 426 g/mol. The highest BCUT2D eigenvalue weighted by Gasteiger charge is 2.32. The van der Waals surface area contributed by atoms with Gasteiger partial charge < -0.3 is 5.32 Å². The maximum Gasteiger partial charge on any atom is 0.244 e. The highest BCUT2D eigenvalue weighted by molar-refractivity contribution is 7.89. The fourth-order valence-corrected chi connectivity index (χ4v) is 4.88. The molecule has 1 aliphatic heterocycles. The number of piperidine rings is 1. The van der Waals surface area contributed by atoms with Crippen molar-refractivity contribution in [2.45, 2.75) is 24.3 Å². The molecule has 2 aromatic heterocycles. The second-order valence-corrected chi connectivity index (χ2v) is 9.03. The van der Waals surface area contributed by atoms with E-state index in [9.17, 15) is 13.2 Å². The second kappa shape index (κ2) is 8.72. The lowest BCUT2D eigenvalue weighted by atomic mass is 9.97. The average molecular weight is 427 g/mol. The Morgan fingerprint density at radius 1 is 1.10 bits per heavy atom. The van der Waals surface area contributed by atoms with E-state index in [1.165, 1.54) is 29.1 Å². The summed E-state index contributed by atoms with van der Waals surface area (Å²) >= 11 is 0. The molecule has 0 bridgehead atoms. The van der Waals surface area contributed by atoms with E-state index in [0.29, 0.717) is 32.5 Å². The third-order valence-electron chi connectivity index (χ3n) is 5.18. The van der Waals surface area contributed by atoms with Crippen molar-refractivity contribution in [3.63, 3.8) is 0 Å². The molecule has 3 aromatic rings. The van der Waals surface area contributed by atoms with Gasteiger partial charge in [0, 0.05) is 37.9 Å². The molecule has 0 saturated carbocycles. The first kappa shape index (κ1) is 20.2. The quantitative estimate of drug-likeness (QED) is 0.638. The summed E-state index contributed by atoms with van der Waals surface area (Å²) < 4.78 is 28.4. The molecular formula is C20H22N6O3S. The molecule has 1 aliphatic rings. The molecular weight excluding hydrogens is 404 g/mol. The van der Waals surface area contributed by atoms with Crippen LogP contribution in [-0.4, -0.2) is 51.5 Å². The fourth-order valence-electron chi connectivity index (χ4n) is 3.45. The van der Waals surface area contributed by atoms with Gasteiger partial charge in [0.1, 0.15) is 17.6 Å². The van der Waals surface area contributed by atoms with Crippen LogP contribution in [0.25, 0.3) is 5.69 Å². The molecule has 0 aliphatic carbocycles. The number of rotatable bonds is 6. The number of pyridine rings is 1. The van der Waals surface area contributed by atoms with Crippen LogP contribution in [0.15, 0.2) is 66.3 Å². The van der Waals surface area contributed by atoms with E-state index in [4.69, 9.17) is 0 Å². The lowest BCUT2D eigenvalue weighted by Gasteiger charge is -2.30. The Labute approximate surface area is 174 Å². The summed E-state index contributed by atoms with van der Waals surface area (Å²) in [5, 5.41) is 7.04. The first-order valence-electron chi connectivity index (χ1n) is 9.66. The van der Waals surface area contributed by atoms with Crippen LogP contribution in [0.1, 0.15) is 18.4 Å². The van der Waals surface area contributed by atoms with Crippen molar-refractivity contribution in [3.05, 3.63) is 67.0 Å². The average Bonchev–Trinajstić information content (AvgIpc) is 3.33. The molecule has 0 spiro atoms. The highest BCUT2D eigenvalue weighted by atomic mass is 32.2. The van der Waals surface area contributed by atoms with Crippen LogP contribution in [0, 0.1) is 5.92 Å². The van der Waals surface area contributed by atoms with Crippen molar-refractivity contribution in [2.75, 3.05) is 13.1 Å². The standard InChI is InChI=1S/C20H22N6O3S/c27-20(23-12-16-3-5-18(6-4-16)26-15-22-14-24-26)17-7-10-25(11-8-17)30(28,29)19-2-1-9-21-13-19/h1-6,9,13-15,17H,7-8,10-12H2,(H,23,27). The Bertz CT molecular complexity index is 1080. The van der Waals surface area contributed by atoms with Crippen LogP contribution >= 0.6 is 0 Å². The molecule has 1 aromatic carbocycles. The second-order valence-electron chi connectivity index (χ2n) is 7.09. The molecule has 156 valence electrons. The molecule has 0 unspecified atom stereocenters. The SMILES string of the molecule is O=C(NCc1ccc(-n2cncn2)cc1)C1CCN(S(=O)(=O)c2cccnc2)CC1. The lowest BCUT2D eigenvalue weighted by molar-refractivity contribution is -0.126. The minimum absolute atomic E-state index is 0.0474. The van der Waals surface area contributed by atoms with Crippen molar-refractivity contribution >= 4 is 15.9 Å². The predicted octanol–water partition coefficient (Wildman–Crippen LogP) is 1.38. The molecule has 1 amide bonds. The number of amides is 1. The number of carbonyl (C=O) groups excluding carboxylic acids is 1.